The Kier molecular flexibility index (Phi) is 17.2. The number of anilines is 3. The summed E-state index contributed by atoms with van der Waals surface area (Å²) in [7, 11) is 0. The van der Waals surface area contributed by atoms with Crippen molar-refractivity contribution in [3.63, 3.8) is 0 Å². The molecule has 0 fully saturated rings. The zero-order chi connectivity index (χ0) is 45.8. The van der Waals surface area contributed by atoms with E-state index in [2.05, 4.69) is 89.5 Å². The normalized spacial score (nSPS) is 14.0. The fourth-order valence-corrected chi connectivity index (χ4v) is 6.01. The van der Waals surface area contributed by atoms with Crippen molar-refractivity contribution in [1.82, 2.24) is 59.9 Å². The average Bonchev–Trinajstić information content (AvgIpc) is 3.93. The van der Waals surface area contributed by atoms with Gasteiger partial charge in [0.1, 0.15) is 22.8 Å². The first-order valence-electron chi connectivity index (χ1n) is 21.2. The Hall–Kier alpha value is -4.45. The van der Waals surface area contributed by atoms with Gasteiger partial charge in [0.25, 0.3) is 0 Å². The van der Waals surface area contributed by atoms with Crippen molar-refractivity contribution in [1.29, 1.82) is 0 Å². The highest BCUT2D eigenvalue weighted by Gasteiger charge is 2.27. The topological polar surface area (TPSA) is 281 Å². The molecule has 22 heteroatoms. The van der Waals surface area contributed by atoms with Crippen molar-refractivity contribution in [2.24, 2.45) is 5.73 Å². The molecule has 0 radical (unpaired) electrons. The summed E-state index contributed by atoms with van der Waals surface area (Å²) in [5.74, 6) is 0.886. The van der Waals surface area contributed by atoms with Gasteiger partial charge in [-0.05, 0) is 102 Å². The van der Waals surface area contributed by atoms with Crippen molar-refractivity contribution in [2.75, 3.05) is 49.0 Å². The second-order valence-corrected chi connectivity index (χ2v) is 19.1. The van der Waals surface area contributed by atoms with Crippen LogP contribution in [0.4, 0.5) is 17.8 Å². The van der Waals surface area contributed by atoms with Crippen LogP contribution in [0.1, 0.15) is 125 Å². The molecule has 0 amide bonds. The van der Waals surface area contributed by atoms with Gasteiger partial charge in [0.2, 0.25) is 17.8 Å². The fraction of sp³-hybridized carbons (Fsp3) is 0.775. The standard InChI is InChI=1S/C40H72N16O6/c1-35(2,14-19-60-37(5,6)12-17-57)55-26-30(49-52-55)23-43-33-45-32(42-22-29-25-54(51-48-29)28-39(9,10)62-21-16-40(11,41)59)46-34(47-33)44-24-31-27-56(53-50-31)36(3,4)15-20-61-38(7,8)13-18-58/h25-27,57-59H,12-24,28,41H2,1-11H3,(H3,42,43,44,45,46,47). The van der Waals surface area contributed by atoms with Crippen molar-refractivity contribution in [3.8, 4) is 0 Å². The Morgan fingerprint density at radius 1 is 0.532 bits per heavy atom. The van der Waals surface area contributed by atoms with E-state index in [-0.39, 0.29) is 43.9 Å². The molecule has 1 atom stereocenters. The summed E-state index contributed by atoms with van der Waals surface area (Å²) in [6, 6.07) is 0. The largest absolute Gasteiger partial charge is 0.396 e. The molecule has 4 aromatic rings. The lowest BCUT2D eigenvalue weighted by molar-refractivity contribution is -0.0586. The van der Waals surface area contributed by atoms with Crippen molar-refractivity contribution < 1.29 is 29.5 Å². The summed E-state index contributed by atoms with van der Waals surface area (Å²) >= 11 is 0. The Morgan fingerprint density at radius 2 is 0.903 bits per heavy atom. The Morgan fingerprint density at radius 3 is 1.31 bits per heavy atom. The summed E-state index contributed by atoms with van der Waals surface area (Å²) in [6.45, 7) is 24.3. The predicted molar refractivity (Wildman–Crippen MR) is 233 cm³/mol. The highest BCUT2D eigenvalue weighted by molar-refractivity contribution is 5.42. The summed E-state index contributed by atoms with van der Waals surface area (Å²) in [5, 5.41) is 64.5. The van der Waals surface area contributed by atoms with Crippen LogP contribution in [-0.2, 0) is 51.5 Å². The van der Waals surface area contributed by atoms with Gasteiger partial charge in [-0.3, -0.25) is 0 Å². The van der Waals surface area contributed by atoms with Gasteiger partial charge in [-0.25, -0.2) is 14.0 Å². The lowest BCUT2D eigenvalue weighted by Crippen LogP contribution is -2.39. The van der Waals surface area contributed by atoms with E-state index in [1.165, 1.54) is 6.92 Å². The third kappa shape index (κ3) is 17.0. The molecule has 348 valence electrons. The van der Waals surface area contributed by atoms with Crippen molar-refractivity contribution in [2.45, 2.75) is 168 Å². The van der Waals surface area contributed by atoms with Crippen LogP contribution in [0.25, 0.3) is 0 Å². The molecule has 8 N–H and O–H groups in total. The maximum absolute atomic E-state index is 9.84. The molecule has 0 aliphatic rings. The van der Waals surface area contributed by atoms with E-state index in [1.807, 2.05) is 69.5 Å². The summed E-state index contributed by atoms with van der Waals surface area (Å²) in [4.78, 5) is 13.9. The van der Waals surface area contributed by atoms with Gasteiger partial charge in [-0.15, -0.1) is 15.3 Å². The maximum Gasteiger partial charge on any atom is 0.229 e. The molecule has 0 saturated heterocycles. The van der Waals surface area contributed by atoms with Crippen LogP contribution in [0.2, 0.25) is 0 Å². The average molecular weight is 873 g/mol. The zero-order valence-electron chi connectivity index (χ0n) is 38.6. The first-order valence-corrected chi connectivity index (χ1v) is 21.2. The number of ether oxygens (including phenoxy) is 3. The highest BCUT2D eigenvalue weighted by atomic mass is 16.5. The molecule has 62 heavy (non-hydrogen) atoms. The fourth-order valence-electron chi connectivity index (χ4n) is 6.01. The van der Waals surface area contributed by atoms with E-state index >= 15 is 0 Å². The second-order valence-electron chi connectivity index (χ2n) is 19.1. The molecule has 0 bridgehead atoms. The van der Waals surface area contributed by atoms with Crippen molar-refractivity contribution in [3.05, 3.63) is 35.7 Å². The van der Waals surface area contributed by atoms with Crippen LogP contribution in [0.5, 0.6) is 0 Å². The minimum Gasteiger partial charge on any atom is -0.396 e. The van der Waals surface area contributed by atoms with Crippen LogP contribution in [0, 0.1) is 0 Å². The number of rotatable bonds is 29. The number of hydrogen-bond donors (Lipinski definition) is 7. The van der Waals surface area contributed by atoms with Crippen LogP contribution >= 0.6 is 0 Å². The van der Waals surface area contributed by atoms with E-state index in [0.29, 0.717) is 93.4 Å². The van der Waals surface area contributed by atoms with E-state index in [1.54, 1.807) is 4.68 Å². The van der Waals surface area contributed by atoms with E-state index in [9.17, 15) is 15.3 Å². The molecule has 4 rings (SSSR count). The number of aromatic nitrogens is 12. The van der Waals surface area contributed by atoms with Gasteiger partial charge < -0.3 is 51.2 Å². The maximum atomic E-state index is 9.84. The zero-order valence-corrected chi connectivity index (χ0v) is 38.6. The van der Waals surface area contributed by atoms with Gasteiger partial charge in [-0.2, -0.15) is 15.0 Å². The summed E-state index contributed by atoms with van der Waals surface area (Å²) < 4.78 is 23.4. The van der Waals surface area contributed by atoms with Crippen molar-refractivity contribution >= 4 is 17.8 Å². The summed E-state index contributed by atoms with van der Waals surface area (Å²) in [6.07, 6.45) is 8.37. The number of hydrogen-bond acceptors (Lipinski definition) is 19. The lowest BCUT2D eigenvalue weighted by atomic mass is 10.0. The molecular weight excluding hydrogens is 801 g/mol. The SMILES string of the molecule is CC(N)(O)CCOC(C)(C)Cn1cc(CNc2nc(NCc3cn(C(C)(C)CCOC(C)(C)CCO)nn3)nc(NCc3cn(C(C)(C)CCOC(C)(C)CCO)nn3)n2)nn1. The minimum atomic E-state index is -1.30. The third-order valence-electron chi connectivity index (χ3n) is 10.3. The minimum absolute atomic E-state index is 0.0682. The number of aliphatic hydroxyl groups excluding tert-OH is 2. The number of nitrogens with one attached hydrogen (secondary N) is 3. The van der Waals surface area contributed by atoms with Crippen LogP contribution in [-0.4, -0.2) is 131 Å². The van der Waals surface area contributed by atoms with E-state index in [0.717, 1.165) is 0 Å². The molecule has 0 saturated carbocycles. The van der Waals surface area contributed by atoms with Gasteiger partial charge in [0.15, 0.2) is 0 Å². The van der Waals surface area contributed by atoms with Crippen LogP contribution < -0.4 is 21.7 Å². The first-order chi connectivity index (χ1) is 28.9. The molecular formula is C40H72N16O6. The molecule has 22 nitrogen and oxygen atoms in total. The van der Waals surface area contributed by atoms with Gasteiger partial charge in [-0.1, -0.05) is 15.6 Å². The highest BCUT2D eigenvalue weighted by Crippen LogP contribution is 2.24. The molecule has 4 aromatic heterocycles. The Balaban J connectivity index is 1.44. The molecule has 0 aliphatic carbocycles. The number of aliphatic hydroxyl groups is 3. The Bertz CT molecular complexity index is 1850. The molecule has 0 aromatic carbocycles. The number of nitrogens with two attached hydrogens (primary N) is 1. The second kappa shape index (κ2) is 21.3. The molecule has 0 spiro atoms. The summed E-state index contributed by atoms with van der Waals surface area (Å²) in [5.41, 5.74) is 4.24. The van der Waals surface area contributed by atoms with Gasteiger partial charge >= 0.3 is 0 Å². The van der Waals surface area contributed by atoms with E-state index < -0.39 is 22.5 Å². The van der Waals surface area contributed by atoms with Gasteiger partial charge in [0, 0.05) is 32.8 Å². The quantitative estimate of drug-likeness (QED) is 0.0386. The van der Waals surface area contributed by atoms with Gasteiger partial charge in [0.05, 0.1) is 79.3 Å². The first kappa shape index (κ1) is 50.2. The predicted octanol–water partition coefficient (Wildman–Crippen LogP) is 2.94. The third-order valence-corrected chi connectivity index (χ3v) is 10.3. The van der Waals surface area contributed by atoms with Crippen LogP contribution in [0.3, 0.4) is 0 Å². The monoisotopic (exact) mass is 873 g/mol. The lowest BCUT2D eigenvalue weighted by Gasteiger charge is -2.29. The molecule has 1 unspecified atom stereocenters. The molecule has 4 heterocycles. The smallest absolute Gasteiger partial charge is 0.229 e. The molecule has 0 aliphatic heterocycles. The van der Waals surface area contributed by atoms with E-state index in [4.69, 9.17) is 19.9 Å². The Labute approximate surface area is 365 Å². The number of nitrogens with zero attached hydrogens (tertiary/aromatic N) is 12. The van der Waals surface area contributed by atoms with Crippen LogP contribution in [0.15, 0.2) is 18.6 Å².